The van der Waals surface area contributed by atoms with E-state index in [0.717, 1.165) is 11.3 Å². The Balaban J connectivity index is 1.57. The summed E-state index contributed by atoms with van der Waals surface area (Å²) in [4.78, 5) is 14.2. The van der Waals surface area contributed by atoms with E-state index in [1.807, 2.05) is 31.2 Å². The van der Waals surface area contributed by atoms with Crippen LogP contribution < -0.4 is 4.74 Å². The third kappa shape index (κ3) is 4.02. The molecule has 0 atom stereocenters. The molecule has 3 rings (SSSR count). The van der Waals surface area contributed by atoms with Crippen molar-refractivity contribution >= 4 is 27.3 Å². The number of halogens is 1. The maximum absolute atomic E-state index is 12.6. The molecule has 26 heavy (non-hydrogen) atoms. The molecule has 7 heteroatoms. The highest BCUT2D eigenvalue weighted by Gasteiger charge is 2.40. The quantitative estimate of drug-likeness (QED) is 0.756. The summed E-state index contributed by atoms with van der Waals surface area (Å²) in [7, 11) is -3.44. The van der Waals surface area contributed by atoms with Gasteiger partial charge >= 0.3 is 0 Å². The molecule has 1 aliphatic rings. The predicted molar refractivity (Wildman–Crippen MR) is 100 cm³/mol. The van der Waals surface area contributed by atoms with Crippen LogP contribution in [0.2, 0.25) is 5.02 Å². The van der Waals surface area contributed by atoms with Gasteiger partial charge in [0.05, 0.1) is 17.9 Å². The zero-order valence-electron chi connectivity index (χ0n) is 14.4. The zero-order valence-corrected chi connectivity index (χ0v) is 16.0. The Morgan fingerprint density at radius 1 is 1.12 bits per heavy atom. The maximum atomic E-state index is 12.6. The molecule has 0 bridgehead atoms. The largest absolute Gasteiger partial charge is 0.494 e. The summed E-state index contributed by atoms with van der Waals surface area (Å²) < 4.78 is 30.5. The number of hydrogen-bond acceptors (Lipinski definition) is 4. The summed E-state index contributed by atoms with van der Waals surface area (Å²) in [6.45, 7) is 2.95. The Morgan fingerprint density at radius 3 is 2.31 bits per heavy atom. The monoisotopic (exact) mass is 393 g/mol. The second-order valence-electron chi connectivity index (χ2n) is 6.17. The molecule has 0 unspecified atom stereocenters. The number of nitrogens with zero attached hydrogens (tertiary/aromatic N) is 1. The fourth-order valence-corrected chi connectivity index (χ4v) is 4.59. The summed E-state index contributed by atoms with van der Waals surface area (Å²) in [5, 5.41) is -0.0716. The van der Waals surface area contributed by atoms with Gasteiger partial charge in [-0.05, 0) is 48.9 Å². The Hall–Kier alpha value is -2.05. The van der Waals surface area contributed by atoms with Crippen LogP contribution in [0.4, 0.5) is 0 Å². The topological polar surface area (TPSA) is 63.7 Å². The summed E-state index contributed by atoms with van der Waals surface area (Å²) in [6.07, 6.45) is 0.250. The van der Waals surface area contributed by atoms with Gasteiger partial charge in [-0.3, -0.25) is 4.79 Å². The lowest BCUT2D eigenvalue weighted by Gasteiger charge is -2.38. The molecule has 5 nitrogen and oxygen atoms in total. The third-order valence-electron chi connectivity index (χ3n) is 4.37. The van der Waals surface area contributed by atoms with Crippen LogP contribution in [0, 0.1) is 0 Å². The average molecular weight is 394 g/mol. The average Bonchev–Trinajstić information content (AvgIpc) is 2.55. The van der Waals surface area contributed by atoms with E-state index in [1.54, 1.807) is 17.0 Å². The first-order valence-corrected chi connectivity index (χ1v) is 10.3. The van der Waals surface area contributed by atoms with Crippen LogP contribution in [0.5, 0.6) is 5.75 Å². The minimum Gasteiger partial charge on any atom is -0.494 e. The van der Waals surface area contributed by atoms with E-state index in [2.05, 4.69) is 0 Å². The standard InChI is InChI=1S/C19H20ClNO4S/c1-2-25-16-7-3-14(4-8-16)11-19(22)21-12-18(13-21)26(23,24)17-9-5-15(20)6-10-17/h3-10,18H,2,11-13H2,1H3. The van der Waals surface area contributed by atoms with E-state index in [-0.39, 0.29) is 30.3 Å². The van der Waals surface area contributed by atoms with Gasteiger partial charge in [0.15, 0.2) is 9.84 Å². The first-order valence-electron chi connectivity index (χ1n) is 8.39. The molecule has 0 radical (unpaired) electrons. The van der Waals surface area contributed by atoms with Crippen molar-refractivity contribution in [2.75, 3.05) is 19.7 Å². The molecule has 138 valence electrons. The first kappa shape index (κ1) is 18.7. The first-order chi connectivity index (χ1) is 12.4. The highest BCUT2D eigenvalue weighted by Crippen LogP contribution is 2.25. The molecule has 1 amide bonds. The summed E-state index contributed by atoms with van der Waals surface area (Å²) in [6, 6.07) is 13.5. The van der Waals surface area contributed by atoms with Gasteiger partial charge in [0.2, 0.25) is 5.91 Å². The van der Waals surface area contributed by atoms with Crippen molar-refractivity contribution in [1.82, 2.24) is 4.90 Å². The van der Waals surface area contributed by atoms with Crippen LogP contribution in [0.25, 0.3) is 0 Å². The third-order valence-corrected chi connectivity index (χ3v) is 6.73. The van der Waals surface area contributed by atoms with Crippen LogP contribution >= 0.6 is 11.6 Å². The lowest BCUT2D eigenvalue weighted by atomic mass is 10.1. The lowest BCUT2D eigenvalue weighted by molar-refractivity contribution is -0.133. The molecule has 1 saturated heterocycles. The summed E-state index contributed by atoms with van der Waals surface area (Å²) in [5.74, 6) is 0.693. The Bertz CT molecular complexity index is 873. The van der Waals surface area contributed by atoms with Gasteiger partial charge in [-0.2, -0.15) is 0 Å². The van der Waals surface area contributed by atoms with E-state index in [4.69, 9.17) is 16.3 Å². The molecule has 1 aliphatic heterocycles. The van der Waals surface area contributed by atoms with E-state index in [1.165, 1.54) is 12.1 Å². The number of amides is 1. The zero-order chi connectivity index (χ0) is 18.7. The summed E-state index contributed by atoms with van der Waals surface area (Å²) in [5.41, 5.74) is 0.877. The number of sulfone groups is 1. The number of benzene rings is 2. The Kier molecular flexibility index (Phi) is 5.53. The van der Waals surface area contributed by atoms with Gasteiger partial charge in [0, 0.05) is 18.1 Å². The van der Waals surface area contributed by atoms with Crippen molar-refractivity contribution in [2.45, 2.75) is 23.5 Å². The molecule has 0 N–H and O–H groups in total. The van der Waals surface area contributed by atoms with Crippen LogP contribution in [-0.2, 0) is 21.1 Å². The Morgan fingerprint density at radius 2 is 1.73 bits per heavy atom. The van der Waals surface area contributed by atoms with E-state index in [9.17, 15) is 13.2 Å². The van der Waals surface area contributed by atoms with Crippen LogP contribution in [0.1, 0.15) is 12.5 Å². The normalized spacial score (nSPS) is 14.8. The van der Waals surface area contributed by atoms with Crippen molar-refractivity contribution in [3.63, 3.8) is 0 Å². The maximum Gasteiger partial charge on any atom is 0.227 e. The van der Waals surface area contributed by atoms with Crippen molar-refractivity contribution in [1.29, 1.82) is 0 Å². The van der Waals surface area contributed by atoms with Gasteiger partial charge in [-0.1, -0.05) is 23.7 Å². The van der Waals surface area contributed by atoms with Gasteiger partial charge in [-0.15, -0.1) is 0 Å². The number of ether oxygens (including phenoxy) is 1. The Labute approximate surface area is 158 Å². The minimum absolute atomic E-state index is 0.0725. The molecule has 2 aromatic carbocycles. The molecule has 0 spiro atoms. The van der Waals surface area contributed by atoms with Crippen LogP contribution in [0.3, 0.4) is 0 Å². The van der Waals surface area contributed by atoms with Gasteiger partial charge < -0.3 is 9.64 Å². The molecular weight excluding hydrogens is 374 g/mol. The number of hydrogen-bond donors (Lipinski definition) is 0. The van der Waals surface area contributed by atoms with Crippen molar-refractivity contribution in [2.24, 2.45) is 0 Å². The van der Waals surface area contributed by atoms with Crippen molar-refractivity contribution in [3.8, 4) is 5.75 Å². The lowest BCUT2D eigenvalue weighted by Crippen LogP contribution is -2.57. The van der Waals surface area contributed by atoms with E-state index < -0.39 is 15.1 Å². The van der Waals surface area contributed by atoms with Crippen LogP contribution in [-0.4, -0.2) is 44.2 Å². The number of rotatable bonds is 6. The highest BCUT2D eigenvalue weighted by atomic mass is 35.5. The minimum atomic E-state index is -3.44. The number of likely N-dealkylation sites (tertiary alicyclic amines) is 1. The molecule has 2 aromatic rings. The van der Waals surface area contributed by atoms with Crippen LogP contribution in [0.15, 0.2) is 53.4 Å². The number of carbonyl (C=O) groups is 1. The van der Waals surface area contributed by atoms with Gasteiger partial charge in [-0.25, -0.2) is 8.42 Å². The fourth-order valence-electron chi connectivity index (χ4n) is 2.81. The van der Waals surface area contributed by atoms with Gasteiger partial charge in [0.25, 0.3) is 0 Å². The van der Waals surface area contributed by atoms with E-state index >= 15 is 0 Å². The predicted octanol–water partition coefficient (Wildman–Crippen LogP) is 2.97. The van der Waals surface area contributed by atoms with Crippen molar-refractivity contribution in [3.05, 3.63) is 59.1 Å². The molecule has 0 aromatic heterocycles. The molecule has 0 saturated carbocycles. The number of carbonyl (C=O) groups excluding carboxylic acids is 1. The second kappa shape index (κ2) is 7.68. The molecule has 1 fully saturated rings. The molecular formula is C19H20ClNO4S. The van der Waals surface area contributed by atoms with Gasteiger partial charge in [0.1, 0.15) is 11.0 Å². The fraction of sp³-hybridized carbons (Fsp3) is 0.316. The van der Waals surface area contributed by atoms with Crippen molar-refractivity contribution < 1.29 is 17.9 Å². The molecule has 0 aliphatic carbocycles. The second-order valence-corrected chi connectivity index (χ2v) is 8.84. The SMILES string of the molecule is CCOc1ccc(CC(=O)N2CC(S(=O)(=O)c3ccc(Cl)cc3)C2)cc1. The van der Waals surface area contributed by atoms with E-state index in [0.29, 0.717) is 11.6 Å². The highest BCUT2D eigenvalue weighted by molar-refractivity contribution is 7.92. The smallest absolute Gasteiger partial charge is 0.227 e. The summed E-state index contributed by atoms with van der Waals surface area (Å²) >= 11 is 5.80. The molecule has 1 heterocycles.